The van der Waals surface area contributed by atoms with E-state index in [-0.39, 0.29) is 12.3 Å². The Morgan fingerprint density at radius 3 is 2.40 bits per heavy atom. The largest absolute Gasteiger partial charge is 0.481 e. The SMILES string of the molecule is NC(=O)[C@H](CC(=O)O)NC(=O)NNC(=O)CC(CNc1nc2ccccc2[nH]1)c1ccc(Cl)cc1. The number of hydrazine groups is 1. The number of nitrogens with two attached hydrogens (primary N) is 1. The quantitative estimate of drug-likeness (QED) is 0.204. The summed E-state index contributed by atoms with van der Waals surface area (Å²) in [7, 11) is 0. The van der Waals surface area contributed by atoms with Crippen LogP contribution in [0.2, 0.25) is 5.02 Å². The molecule has 2 aromatic carbocycles. The number of nitrogens with zero attached hydrogens (tertiary/aromatic N) is 1. The van der Waals surface area contributed by atoms with Gasteiger partial charge >= 0.3 is 12.0 Å². The Hall–Kier alpha value is -4.32. The first-order chi connectivity index (χ1) is 16.7. The van der Waals surface area contributed by atoms with Gasteiger partial charge in [0.1, 0.15) is 6.04 Å². The lowest BCUT2D eigenvalue weighted by Crippen LogP contribution is -2.53. The molecule has 3 rings (SSSR count). The fraction of sp³-hybridized carbons (Fsp3) is 0.227. The minimum absolute atomic E-state index is 0.0243. The number of H-pyrrole nitrogens is 1. The van der Waals surface area contributed by atoms with Gasteiger partial charge in [0.15, 0.2) is 0 Å². The number of hydrogen-bond acceptors (Lipinski definition) is 6. The molecule has 0 aliphatic carbocycles. The van der Waals surface area contributed by atoms with Gasteiger partial charge in [-0.25, -0.2) is 15.2 Å². The van der Waals surface area contributed by atoms with Crippen molar-refractivity contribution in [3.05, 3.63) is 59.1 Å². The molecule has 0 radical (unpaired) electrons. The summed E-state index contributed by atoms with van der Waals surface area (Å²) in [5.74, 6) is -2.65. The number of carboxylic acid groups (broad SMARTS) is 1. The third-order valence-corrected chi connectivity index (χ3v) is 5.27. The number of halogens is 1. The van der Waals surface area contributed by atoms with E-state index in [1.165, 1.54) is 0 Å². The van der Waals surface area contributed by atoms with Crippen molar-refractivity contribution >= 4 is 52.4 Å². The fourth-order valence-corrected chi connectivity index (χ4v) is 3.42. The van der Waals surface area contributed by atoms with Gasteiger partial charge in [0.2, 0.25) is 17.8 Å². The van der Waals surface area contributed by atoms with E-state index in [0.29, 0.717) is 17.5 Å². The lowest BCUT2D eigenvalue weighted by atomic mass is 9.95. The van der Waals surface area contributed by atoms with Crippen LogP contribution in [0.1, 0.15) is 24.3 Å². The standard InChI is InChI=1S/C22H24ClN7O5/c23-14-7-5-12(6-8-14)13(11-25-21-26-15-3-1-2-4-16(15)27-21)9-18(31)29-30-22(35)28-17(20(24)34)10-19(32)33/h1-8,13,17H,9-11H2,(H2,24,34)(H,29,31)(H,32,33)(H2,25,26,27)(H2,28,30,35)/t13?,17-/m0/s1. The molecule has 4 amide bonds. The van der Waals surface area contributed by atoms with Gasteiger partial charge in [-0.05, 0) is 29.8 Å². The number of para-hydroxylation sites is 2. The molecule has 2 atom stereocenters. The molecule has 0 saturated carbocycles. The molecule has 0 fully saturated rings. The topological polar surface area (TPSA) is 191 Å². The number of nitrogens with one attached hydrogen (secondary N) is 5. The van der Waals surface area contributed by atoms with Crippen molar-refractivity contribution in [1.82, 2.24) is 26.1 Å². The van der Waals surface area contributed by atoms with Crippen LogP contribution < -0.4 is 27.2 Å². The van der Waals surface area contributed by atoms with Gasteiger partial charge < -0.3 is 26.5 Å². The molecule has 13 heteroatoms. The fourth-order valence-electron chi connectivity index (χ4n) is 3.29. The molecular formula is C22H24ClN7O5. The highest BCUT2D eigenvalue weighted by molar-refractivity contribution is 6.30. The number of aromatic amines is 1. The monoisotopic (exact) mass is 501 g/mol. The van der Waals surface area contributed by atoms with Crippen LogP contribution >= 0.6 is 11.6 Å². The molecular weight excluding hydrogens is 478 g/mol. The number of imidazole rings is 1. The maximum atomic E-state index is 12.5. The molecule has 3 aromatic rings. The van der Waals surface area contributed by atoms with Crippen molar-refractivity contribution in [1.29, 1.82) is 0 Å². The van der Waals surface area contributed by atoms with Crippen molar-refractivity contribution in [3.63, 3.8) is 0 Å². The Morgan fingerprint density at radius 1 is 1.03 bits per heavy atom. The van der Waals surface area contributed by atoms with E-state index in [0.717, 1.165) is 16.6 Å². The van der Waals surface area contributed by atoms with Gasteiger partial charge in [0, 0.05) is 23.9 Å². The van der Waals surface area contributed by atoms with Crippen molar-refractivity contribution in [2.24, 2.45) is 5.73 Å². The first-order valence-corrected chi connectivity index (χ1v) is 10.9. The first-order valence-electron chi connectivity index (χ1n) is 10.5. The van der Waals surface area contributed by atoms with Gasteiger partial charge in [0.05, 0.1) is 17.5 Å². The zero-order valence-electron chi connectivity index (χ0n) is 18.4. The predicted molar refractivity (Wildman–Crippen MR) is 128 cm³/mol. The lowest BCUT2D eigenvalue weighted by Gasteiger charge is -2.19. The summed E-state index contributed by atoms with van der Waals surface area (Å²) in [6.07, 6.45) is -0.716. The molecule has 0 aliphatic rings. The highest BCUT2D eigenvalue weighted by atomic mass is 35.5. The van der Waals surface area contributed by atoms with E-state index in [9.17, 15) is 19.2 Å². The van der Waals surface area contributed by atoms with E-state index < -0.39 is 36.3 Å². The summed E-state index contributed by atoms with van der Waals surface area (Å²) in [6, 6.07) is 12.1. The van der Waals surface area contributed by atoms with Crippen LogP contribution in [0, 0.1) is 0 Å². The number of carbonyl (C=O) groups is 4. The van der Waals surface area contributed by atoms with Crippen LogP contribution in [0.4, 0.5) is 10.7 Å². The summed E-state index contributed by atoms with van der Waals surface area (Å²) >= 11 is 5.99. The zero-order chi connectivity index (χ0) is 25.4. The lowest BCUT2D eigenvalue weighted by molar-refractivity contribution is -0.139. The minimum atomic E-state index is -1.43. The second kappa shape index (κ2) is 11.7. The van der Waals surface area contributed by atoms with Gasteiger partial charge in [-0.1, -0.05) is 35.9 Å². The van der Waals surface area contributed by atoms with E-state index in [1.54, 1.807) is 24.3 Å². The Labute approximate surface area is 204 Å². The van der Waals surface area contributed by atoms with Crippen LogP contribution in [0.3, 0.4) is 0 Å². The Bertz CT molecular complexity index is 1180. The van der Waals surface area contributed by atoms with Crippen LogP contribution in [-0.2, 0) is 14.4 Å². The van der Waals surface area contributed by atoms with Crippen LogP contribution in [0.15, 0.2) is 48.5 Å². The number of fused-ring (bicyclic) bond motifs is 1. The zero-order valence-corrected chi connectivity index (χ0v) is 19.1. The number of carbonyl (C=O) groups excluding carboxylic acids is 3. The number of hydrogen-bond donors (Lipinski definition) is 7. The summed E-state index contributed by atoms with van der Waals surface area (Å²) < 4.78 is 0. The summed E-state index contributed by atoms with van der Waals surface area (Å²) in [5, 5.41) is 14.6. The maximum absolute atomic E-state index is 12.5. The molecule has 0 bridgehead atoms. The van der Waals surface area contributed by atoms with Gasteiger partial charge in [-0.15, -0.1) is 0 Å². The molecule has 1 heterocycles. The molecule has 0 aliphatic heterocycles. The van der Waals surface area contributed by atoms with Gasteiger partial charge in [-0.3, -0.25) is 19.8 Å². The predicted octanol–water partition coefficient (Wildman–Crippen LogP) is 1.46. The van der Waals surface area contributed by atoms with Crippen molar-refractivity contribution < 1.29 is 24.3 Å². The van der Waals surface area contributed by atoms with E-state index >= 15 is 0 Å². The average molecular weight is 502 g/mol. The van der Waals surface area contributed by atoms with Crippen LogP contribution in [0.5, 0.6) is 0 Å². The van der Waals surface area contributed by atoms with E-state index in [1.807, 2.05) is 24.3 Å². The summed E-state index contributed by atoms with van der Waals surface area (Å²) in [4.78, 5) is 54.2. The summed E-state index contributed by atoms with van der Waals surface area (Å²) in [6.45, 7) is 0.337. The molecule has 35 heavy (non-hydrogen) atoms. The number of aromatic nitrogens is 2. The van der Waals surface area contributed by atoms with Crippen molar-refractivity contribution in [2.45, 2.75) is 24.8 Å². The Morgan fingerprint density at radius 2 is 1.74 bits per heavy atom. The average Bonchev–Trinajstić information content (AvgIpc) is 3.23. The van der Waals surface area contributed by atoms with Crippen molar-refractivity contribution in [2.75, 3.05) is 11.9 Å². The molecule has 184 valence electrons. The number of urea groups is 1. The van der Waals surface area contributed by atoms with Crippen LogP contribution in [-0.4, -0.2) is 51.5 Å². The minimum Gasteiger partial charge on any atom is -0.481 e. The van der Waals surface area contributed by atoms with Gasteiger partial charge in [0.25, 0.3) is 0 Å². The molecule has 1 unspecified atom stereocenters. The maximum Gasteiger partial charge on any atom is 0.334 e. The molecule has 0 saturated heterocycles. The summed E-state index contributed by atoms with van der Waals surface area (Å²) in [5.41, 5.74) is 11.9. The van der Waals surface area contributed by atoms with Gasteiger partial charge in [-0.2, -0.15) is 0 Å². The Kier molecular flexibility index (Phi) is 8.46. The number of benzene rings is 2. The number of aliphatic carboxylic acids is 1. The third kappa shape index (κ3) is 7.61. The molecule has 1 aromatic heterocycles. The first kappa shape index (κ1) is 25.3. The smallest absolute Gasteiger partial charge is 0.334 e. The van der Waals surface area contributed by atoms with E-state index in [2.05, 4.69) is 31.5 Å². The third-order valence-electron chi connectivity index (χ3n) is 5.02. The molecule has 8 N–H and O–H groups in total. The number of amides is 4. The highest BCUT2D eigenvalue weighted by Crippen LogP contribution is 2.23. The number of rotatable bonds is 10. The van der Waals surface area contributed by atoms with Crippen LogP contribution in [0.25, 0.3) is 11.0 Å². The number of carboxylic acids is 1. The Balaban J connectivity index is 1.60. The second-order valence-electron chi connectivity index (χ2n) is 7.64. The molecule has 12 nitrogen and oxygen atoms in total. The highest BCUT2D eigenvalue weighted by Gasteiger charge is 2.22. The molecule has 0 spiro atoms. The number of anilines is 1. The number of primary amides is 1. The second-order valence-corrected chi connectivity index (χ2v) is 8.07. The van der Waals surface area contributed by atoms with Crippen molar-refractivity contribution in [3.8, 4) is 0 Å². The normalized spacial score (nSPS) is 12.4. The van der Waals surface area contributed by atoms with E-state index in [4.69, 9.17) is 22.4 Å².